The third-order valence-electron chi connectivity index (χ3n) is 7.35. The number of carbonyl (C=O) groups excluding carboxylic acids is 3. The van der Waals surface area contributed by atoms with Gasteiger partial charge in [0.05, 0.1) is 13.7 Å². The average molecular weight is 593 g/mol. The molecule has 0 radical (unpaired) electrons. The van der Waals surface area contributed by atoms with Gasteiger partial charge in [0.15, 0.2) is 5.78 Å². The van der Waals surface area contributed by atoms with Crippen LogP contribution in [0.2, 0.25) is 0 Å². The number of esters is 1. The Balaban J connectivity index is 1.37. The van der Waals surface area contributed by atoms with Crippen molar-refractivity contribution in [2.24, 2.45) is 5.92 Å². The number of aryl methyl sites for hydroxylation is 1. The summed E-state index contributed by atoms with van der Waals surface area (Å²) in [4.78, 5) is 40.7. The van der Waals surface area contributed by atoms with Gasteiger partial charge in [-0.1, -0.05) is 86.6 Å². The number of nitrogens with zero attached hydrogens (tertiary/aromatic N) is 1. The molecule has 7 heteroatoms. The van der Waals surface area contributed by atoms with E-state index >= 15 is 0 Å². The highest BCUT2D eigenvalue weighted by atomic mass is 16.5. The van der Waals surface area contributed by atoms with E-state index in [4.69, 9.17) is 9.47 Å². The summed E-state index contributed by atoms with van der Waals surface area (Å²) in [6, 6.07) is 31.0. The molecule has 0 aliphatic carbocycles. The fourth-order valence-electron chi connectivity index (χ4n) is 4.97. The van der Waals surface area contributed by atoms with Crippen molar-refractivity contribution in [3.63, 3.8) is 0 Å². The average Bonchev–Trinajstić information content (AvgIpc) is 3.05. The highest BCUT2D eigenvalue weighted by Gasteiger charge is 2.23. The molecule has 0 fully saturated rings. The Morgan fingerprint density at radius 2 is 1.48 bits per heavy atom. The molecule has 0 saturated heterocycles. The van der Waals surface area contributed by atoms with Crippen LogP contribution in [0.5, 0.6) is 5.75 Å². The van der Waals surface area contributed by atoms with E-state index < -0.39 is 12.0 Å². The van der Waals surface area contributed by atoms with Gasteiger partial charge in [0.2, 0.25) is 5.91 Å². The second kappa shape index (κ2) is 15.5. The fraction of sp³-hybridized carbons (Fsp3) is 0.270. The summed E-state index contributed by atoms with van der Waals surface area (Å²) in [5.74, 6) is 0.122. The monoisotopic (exact) mass is 592 g/mol. The van der Waals surface area contributed by atoms with E-state index in [-0.39, 0.29) is 17.6 Å². The van der Waals surface area contributed by atoms with Crippen LogP contribution < -0.4 is 15.0 Å². The quantitative estimate of drug-likeness (QED) is 0.0976. The molecule has 44 heavy (non-hydrogen) atoms. The third kappa shape index (κ3) is 8.34. The number of anilines is 2. The molecular formula is C37H40N2O5. The molecule has 0 unspecified atom stereocenters. The summed E-state index contributed by atoms with van der Waals surface area (Å²) >= 11 is 0. The van der Waals surface area contributed by atoms with Crippen LogP contribution >= 0.6 is 0 Å². The minimum Gasteiger partial charge on any atom is -0.494 e. The fourth-order valence-corrected chi connectivity index (χ4v) is 4.97. The van der Waals surface area contributed by atoms with Crippen LogP contribution in [0, 0.1) is 12.8 Å². The summed E-state index contributed by atoms with van der Waals surface area (Å²) < 4.78 is 11.1. The number of rotatable bonds is 14. The van der Waals surface area contributed by atoms with E-state index in [1.54, 1.807) is 30.3 Å². The number of ketones is 1. The van der Waals surface area contributed by atoms with Crippen molar-refractivity contribution >= 4 is 29.0 Å². The molecule has 7 nitrogen and oxygen atoms in total. The molecule has 0 aliphatic rings. The van der Waals surface area contributed by atoms with Crippen LogP contribution in [0.4, 0.5) is 11.4 Å². The van der Waals surface area contributed by atoms with Crippen LogP contribution in [-0.2, 0) is 20.7 Å². The zero-order chi connectivity index (χ0) is 31.5. The number of ether oxygens (including phenoxy) is 2. The lowest BCUT2D eigenvalue weighted by atomic mass is 10.00. The summed E-state index contributed by atoms with van der Waals surface area (Å²) in [6.07, 6.45) is 1.02. The second-order valence-electron chi connectivity index (χ2n) is 10.9. The first-order valence-corrected chi connectivity index (χ1v) is 14.9. The molecule has 0 aromatic heterocycles. The molecular weight excluding hydrogens is 552 g/mol. The standard InChI is InChI=1S/C37H40N2O5/c1-26(2)36(41)39(34-18-11-8-13-27(34)3)23-12-24-44-30-21-19-28(20-22-30)25-33(37(42)43-4)38-32-17-10-9-16-31(32)35(40)29-14-6-5-7-15-29/h5-11,13-22,26,33,38H,12,23-25H2,1-4H3/t33-/m0/s1. The zero-order valence-corrected chi connectivity index (χ0v) is 25.8. The number of hydrogen-bond donors (Lipinski definition) is 1. The molecule has 4 rings (SSSR count). The first-order valence-electron chi connectivity index (χ1n) is 14.9. The number of amides is 1. The van der Waals surface area contributed by atoms with Crippen molar-refractivity contribution in [3.8, 4) is 5.75 Å². The lowest BCUT2D eigenvalue weighted by molar-refractivity contribution is -0.141. The highest BCUT2D eigenvalue weighted by Crippen LogP contribution is 2.24. The molecule has 0 heterocycles. The Morgan fingerprint density at radius 3 is 2.16 bits per heavy atom. The molecule has 1 atom stereocenters. The van der Waals surface area contributed by atoms with Gasteiger partial charge < -0.3 is 19.7 Å². The number of carbonyl (C=O) groups is 3. The maximum atomic E-state index is 13.2. The van der Waals surface area contributed by atoms with Gasteiger partial charge >= 0.3 is 5.97 Å². The number of para-hydroxylation sites is 2. The SMILES string of the molecule is COC(=O)[C@H](Cc1ccc(OCCCN(C(=O)C(C)C)c2ccccc2C)cc1)Nc1ccccc1C(=O)c1ccccc1. The normalized spacial score (nSPS) is 11.5. The summed E-state index contributed by atoms with van der Waals surface area (Å²) in [5.41, 5.74) is 4.50. The first-order chi connectivity index (χ1) is 21.3. The molecule has 4 aromatic carbocycles. The van der Waals surface area contributed by atoms with Crippen molar-refractivity contribution < 1.29 is 23.9 Å². The van der Waals surface area contributed by atoms with Gasteiger partial charge in [0.25, 0.3) is 0 Å². The van der Waals surface area contributed by atoms with Crippen molar-refractivity contribution in [3.05, 3.63) is 125 Å². The zero-order valence-electron chi connectivity index (χ0n) is 25.8. The smallest absolute Gasteiger partial charge is 0.328 e. The molecule has 1 N–H and O–H groups in total. The predicted molar refractivity (Wildman–Crippen MR) is 174 cm³/mol. The number of hydrogen-bond acceptors (Lipinski definition) is 6. The summed E-state index contributed by atoms with van der Waals surface area (Å²) in [6.45, 7) is 6.84. The first kappa shape index (κ1) is 32.0. The van der Waals surface area contributed by atoms with Crippen LogP contribution in [-0.4, -0.2) is 44.0 Å². The molecule has 4 aromatic rings. The van der Waals surface area contributed by atoms with E-state index in [9.17, 15) is 14.4 Å². The number of methoxy groups -OCH3 is 1. The van der Waals surface area contributed by atoms with Crippen molar-refractivity contribution in [2.75, 3.05) is 30.5 Å². The largest absolute Gasteiger partial charge is 0.494 e. The summed E-state index contributed by atoms with van der Waals surface area (Å²) in [5, 5.41) is 3.24. The summed E-state index contributed by atoms with van der Waals surface area (Å²) in [7, 11) is 1.35. The number of benzene rings is 4. The van der Waals surface area contributed by atoms with E-state index in [1.165, 1.54) is 7.11 Å². The van der Waals surface area contributed by atoms with E-state index in [2.05, 4.69) is 5.32 Å². The van der Waals surface area contributed by atoms with Gasteiger partial charge in [-0.15, -0.1) is 0 Å². The minimum atomic E-state index is -0.706. The van der Waals surface area contributed by atoms with Gasteiger partial charge in [-0.05, 0) is 54.8 Å². The van der Waals surface area contributed by atoms with Crippen LogP contribution in [0.25, 0.3) is 0 Å². The molecule has 0 saturated carbocycles. The van der Waals surface area contributed by atoms with Crippen LogP contribution in [0.3, 0.4) is 0 Å². The molecule has 0 spiro atoms. The Hall–Kier alpha value is -4.91. The lowest BCUT2D eigenvalue weighted by Gasteiger charge is -2.26. The minimum absolute atomic E-state index is 0.0875. The van der Waals surface area contributed by atoms with Crippen LogP contribution in [0.1, 0.15) is 47.3 Å². The van der Waals surface area contributed by atoms with Gasteiger partial charge in [0.1, 0.15) is 11.8 Å². The van der Waals surface area contributed by atoms with Crippen molar-refractivity contribution in [2.45, 2.75) is 39.7 Å². The van der Waals surface area contributed by atoms with Gasteiger partial charge in [-0.3, -0.25) is 9.59 Å². The maximum absolute atomic E-state index is 13.2. The van der Waals surface area contributed by atoms with Gasteiger partial charge in [-0.25, -0.2) is 4.79 Å². The molecule has 228 valence electrons. The van der Waals surface area contributed by atoms with E-state index in [1.807, 2.05) is 98.5 Å². The van der Waals surface area contributed by atoms with Gasteiger partial charge in [0, 0.05) is 41.4 Å². The lowest BCUT2D eigenvalue weighted by Crippen LogP contribution is -2.36. The Kier molecular flexibility index (Phi) is 11.3. The van der Waals surface area contributed by atoms with Crippen molar-refractivity contribution in [1.82, 2.24) is 0 Å². The Morgan fingerprint density at radius 1 is 0.818 bits per heavy atom. The maximum Gasteiger partial charge on any atom is 0.328 e. The number of nitrogens with one attached hydrogen (secondary N) is 1. The highest BCUT2D eigenvalue weighted by molar-refractivity contribution is 6.12. The topological polar surface area (TPSA) is 84.9 Å². The van der Waals surface area contributed by atoms with Gasteiger partial charge in [-0.2, -0.15) is 0 Å². The molecule has 0 aliphatic heterocycles. The van der Waals surface area contributed by atoms with Crippen LogP contribution in [0.15, 0.2) is 103 Å². The Bertz CT molecular complexity index is 1550. The van der Waals surface area contributed by atoms with Crippen molar-refractivity contribution in [1.29, 1.82) is 0 Å². The van der Waals surface area contributed by atoms with E-state index in [0.717, 1.165) is 16.8 Å². The predicted octanol–water partition coefficient (Wildman–Crippen LogP) is 6.88. The molecule has 0 bridgehead atoms. The third-order valence-corrected chi connectivity index (χ3v) is 7.35. The van der Waals surface area contributed by atoms with E-state index in [0.29, 0.717) is 48.6 Å². The Labute approximate surface area is 259 Å². The molecule has 1 amide bonds. The second-order valence-corrected chi connectivity index (χ2v) is 10.9.